The maximum Gasteiger partial charge on any atom is 0.347 e. The summed E-state index contributed by atoms with van der Waals surface area (Å²) in [7, 11) is 2.22. The van der Waals surface area contributed by atoms with Crippen molar-refractivity contribution in [3.8, 4) is 11.1 Å². The number of aromatic nitrogens is 2. The normalized spacial score (nSPS) is 22.9. The van der Waals surface area contributed by atoms with Crippen molar-refractivity contribution in [1.29, 1.82) is 0 Å². The number of aliphatic hydroxyl groups is 1. The number of benzene rings is 2. The van der Waals surface area contributed by atoms with Gasteiger partial charge < -0.3 is 14.3 Å². The second kappa shape index (κ2) is 8.11. The number of carbonyl (C=O) groups excluding carboxylic acids is 1. The number of likely N-dealkylation sites (N-methyl/N-ethyl adjacent to an activating group) is 1. The fraction of sp³-hybridized carbons (Fsp3) is 0.346. The monoisotopic (exact) mass is 430 g/mol. The fourth-order valence-corrected chi connectivity index (χ4v) is 5.28. The van der Waals surface area contributed by atoms with Gasteiger partial charge in [-0.1, -0.05) is 48.5 Å². The van der Waals surface area contributed by atoms with E-state index in [9.17, 15) is 9.90 Å². The van der Waals surface area contributed by atoms with E-state index in [2.05, 4.69) is 17.0 Å². The molecule has 1 unspecified atom stereocenters. The largest absolute Gasteiger partial charge is 0.457 e. The molecule has 1 saturated heterocycles. The van der Waals surface area contributed by atoms with Crippen LogP contribution in [0.5, 0.6) is 0 Å². The number of nitrogens with zero attached hydrogens (tertiary/aromatic N) is 3. The molecule has 1 aromatic heterocycles. The smallest absolute Gasteiger partial charge is 0.347 e. The Hall–Kier alpha value is -3.09. The topological polar surface area (TPSA) is 72.3 Å². The summed E-state index contributed by atoms with van der Waals surface area (Å²) in [4.78, 5) is 21.7. The highest BCUT2D eigenvalue weighted by Gasteiger charge is 2.50. The van der Waals surface area contributed by atoms with E-state index < -0.39 is 11.6 Å². The van der Waals surface area contributed by atoms with Crippen molar-refractivity contribution in [2.24, 2.45) is 0 Å². The Kier molecular flexibility index (Phi) is 5.27. The molecule has 1 aliphatic heterocycles. The molecule has 2 atom stereocenters. The first-order valence-corrected chi connectivity index (χ1v) is 11.2. The summed E-state index contributed by atoms with van der Waals surface area (Å²) in [5.41, 5.74) is 2.21. The molecule has 2 aliphatic rings. The quantitative estimate of drug-likeness (QED) is 0.481. The molecule has 6 nitrogen and oxygen atoms in total. The summed E-state index contributed by atoms with van der Waals surface area (Å²) in [6.45, 7) is 2.27. The van der Waals surface area contributed by atoms with E-state index in [-0.39, 0.29) is 6.04 Å². The lowest BCUT2D eigenvalue weighted by Crippen LogP contribution is -2.52. The first-order valence-electron chi connectivity index (χ1n) is 11.2. The van der Waals surface area contributed by atoms with E-state index in [1.807, 2.05) is 54.6 Å². The highest BCUT2D eigenvalue weighted by Crippen LogP contribution is 2.48. The number of hydrogen-bond donors (Lipinski definition) is 1. The van der Waals surface area contributed by atoms with Crippen molar-refractivity contribution >= 4 is 5.97 Å². The average molecular weight is 431 g/mol. The van der Waals surface area contributed by atoms with E-state index in [0.29, 0.717) is 17.7 Å². The second-order valence-electron chi connectivity index (χ2n) is 9.07. The van der Waals surface area contributed by atoms with E-state index in [0.717, 1.165) is 53.7 Å². The molecule has 0 radical (unpaired) electrons. The maximum absolute atomic E-state index is 13.3. The fourth-order valence-electron chi connectivity index (χ4n) is 5.28. The zero-order chi connectivity index (χ0) is 22.2. The number of quaternary nitrogens is 1. The molecule has 2 heterocycles. The first-order chi connectivity index (χ1) is 15.5. The van der Waals surface area contributed by atoms with Crippen LogP contribution >= 0.6 is 0 Å². The van der Waals surface area contributed by atoms with Crippen LogP contribution in [-0.4, -0.2) is 58.3 Å². The van der Waals surface area contributed by atoms with Gasteiger partial charge in [0.25, 0.3) is 0 Å². The molecule has 2 aromatic carbocycles. The molecule has 1 aliphatic carbocycles. The number of carbonyl (C=O) groups is 1. The van der Waals surface area contributed by atoms with Gasteiger partial charge in [0.1, 0.15) is 19.0 Å². The predicted octanol–water partition coefficient (Wildman–Crippen LogP) is 3.09. The number of rotatable bonds is 6. The summed E-state index contributed by atoms with van der Waals surface area (Å²) < 4.78 is 6.68. The minimum atomic E-state index is -1.77. The Morgan fingerprint density at radius 2 is 1.81 bits per heavy atom. The van der Waals surface area contributed by atoms with E-state index >= 15 is 0 Å². The molecular formula is C26H28N3O3+. The number of fused-ring (bicyclic) bond motifs is 3. The van der Waals surface area contributed by atoms with Gasteiger partial charge in [-0.2, -0.15) is 0 Å². The van der Waals surface area contributed by atoms with Gasteiger partial charge in [-0.3, -0.25) is 0 Å². The van der Waals surface area contributed by atoms with Gasteiger partial charge in [0.2, 0.25) is 5.60 Å². The average Bonchev–Trinajstić information content (AvgIpc) is 3.33. The van der Waals surface area contributed by atoms with Gasteiger partial charge in [0.05, 0.1) is 20.1 Å². The van der Waals surface area contributed by atoms with Crippen LogP contribution in [0.1, 0.15) is 29.7 Å². The van der Waals surface area contributed by atoms with Crippen molar-refractivity contribution in [2.75, 3.05) is 26.7 Å². The summed E-state index contributed by atoms with van der Waals surface area (Å²) in [6, 6.07) is 17.2. The zero-order valence-electron chi connectivity index (χ0n) is 18.3. The van der Waals surface area contributed by atoms with E-state index in [1.165, 1.54) is 0 Å². The van der Waals surface area contributed by atoms with E-state index in [4.69, 9.17) is 4.74 Å². The second-order valence-corrected chi connectivity index (χ2v) is 9.07. The maximum atomic E-state index is 13.3. The zero-order valence-corrected chi connectivity index (χ0v) is 18.3. The first kappa shape index (κ1) is 20.8. The number of esters is 1. The Morgan fingerprint density at radius 1 is 1.12 bits per heavy atom. The molecule has 0 saturated carbocycles. The van der Waals surface area contributed by atoms with Crippen LogP contribution in [-0.2, 0) is 21.6 Å². The highest BCUT2D eigenvalue weighted by molar-refractivity contribution is 5.96. The summed E-state index contributed by atoms with van der Waals surface area (Å²) in [5.74, 6) is -0.593. The SMILES string of the molecule is C[N+]1(CCc2ccncn2)CCC[C@@H]1COC(=O)C1(O)c2ccccc2-c2ccccc21. The number of likely N-dealkylation sites (tertiary alicyclic amines) is 1. The van der Waals surface area contributed by atoms with Crippen LogP contribution < -0.4 is 0 Å². The van der Waals surface area contributed by atoms with Crippen molar-refractivity contribution in [3.05, 3.63) is 83.9 Å². The molecule has 164 valence electrons. The molecule has 5 rings (SSSR count). The molecule has 0 spiro atoms. The predicted molar refractivity (Wildman–Crippen MR) is 121 cm³/mol. The van der Waals surface area contributed by atoms with Gasteiger partial charge in [0, 0.05) is 42.3 Å². The minimum Gasteiger partial charge on any atom is -0.457 e. The molecule has 0 bridgehead atoms. The minimum absolute atomic E-state index is 0.205. The van der Waals surface area contributed by atoms with Crippen LogP contribution in [0.15, 0.2) is 67.1 Å². The van der Waals surface area contributed by atoms with Crippen molar-refractivity contribution in [3.63, 3.8) is 0 Å². The van der Waals surface area contributed by atoms with Crippen molar-refractivity contribution in [1.82, 2.24) is 9.97 Å². The Balaban J connectivity index is 1.32. The molecule has 6 heteroatoms. The van der Waals surface area contributed by atoms with Crippen LogP contribution in [0.4, 0.5) is 0 Å². The van der Waals surface area contributed by atoms with Crippen LogP contribution in [0.2, 0.25) is 0 Å². The summed E-state index contributed by atoms with van der Waals surface area (Å²) >= 11 is 0. The Bertz CT molecular complexity index is 1090. The van der Waals surface area contributed by atoms with Gasteiger partial charge in [-0.15, -0.1) is 0 Å². The van der Waals surface area contributed by atoms with Crippen molar-refractivity contribution < 1.29 is 19.1 Å². The highest BCUT2D eigenvalue weighted by atomic mass is 16.6. The lowest BCUT2D eigenvalue weighted by Gasteiger charge is -2.36. The standard InChI is InChI=1S/C26H28N3O3/c1-29(16-13-19-12-14-27-18-28-19)15-6-7-20(29)17-32-25(30)26(31)23-10-4-2-8-21(23)22-9-3-5-11-24(22)26/h2-5,8-12,14,18,20,31H,6-7,13,15-17H2,1H3/q+1/t20-,29?/m1/s1. The van der Waals surface area contributed by atoms with E-state index in [1.54, 1.807) is 12.5 Å². The van der Waals surface area contributed by atoms with Gasteiger partial charge in [0.15, 0.2) is 0 Å². The van der Waals surface area contributed by atoms with Crippen LogP contribution in [0.3, 0.4) is 0 Å². The van der Waals surface area contributed by atoms with Gasteiger partial charge >= 0.3 is 5.97 Å². The Labute approximate surface area is 188 Å². The third kappa shape index (κ3) is 3.40. The molecule has 1 N–H and O–H groups in total. The molecular weight excluding hydrogens is 402 g/mol. The number of hydrogen-bond acceptors (Lipinski definition) is 5. The third-order valence-electron chi connectivity index (χ3n) is 7.24. The van der Waals surface area contributed by atoms with Crippen LogP contribution in [0.25, 0.3) is 11.1 Å². The van der Waals surface area contributed by atoms with Crippen molar-refractivity contribution in [2.45, 2.75) is 30.9 Å². The summed E-state index contributed by atoms with van der Waals surface area (Å²) in [5, 5.41) is 11.6. The van der Waals surface area contributed by atoms with Crippen LogP contribution in [0, 0.1) is 0 Å². The van der Waals surface area contributed by atoms with Gasteiger partial charge in [-0.25, -0.2) is 14.8 Å². The lowest BCUT2D eigenvalue weighted by molar-refractivity contribution is -0.921. The van der Waals surface area contributed by atoms with Gasteiger partial charge in [-0.05, 0) is 17.2 Å². The summed E-state index contributed by atoms with van der Waals surface area (Å²) in [6.07, 6.45) is 6.30. The molecule has 1 fully saturated rings. The molecule has 32 heavy (non-hydrogen) atoms. The number of ether oxygens (including phenoxy) is 1. The Morgan fingerprint density at radius 3 is 2.47 bits per heavy atom. The molecule has 0 amide bonds. The lowest BCUT2D eigenvalue weighted by atomic mass is 9.91. The molecule has 3 aromatic rings. The third-order valence-corrected chi connectivity index (χ3v) is 7.24.